The molecule has 1 heterocycles. The normalized spacial score (nSPS) is 14.4. The van der Waals surface area contributed by atoms with Crippen LogP contribution in [0.3, 0.4) is 0 Å². The number of rotatable bonds is 5. The lowest BCUT2D eigenvalue weighted by molar-refractivity contribution is -0.137. The van der Waals surface area contributed by atoms with Gasteiger partial charge in [-0.05, 0) is 31.0 Å². The van der Waals surface area contributed by atoms with E-state index in [9.17, 15) is 9.59 Å². The maximum atomic E-state index is 12.0. The molecule has 1 aromatic rings. The van der Waals surface area contributed by atoms with Crippen LogP contribution in [0, 0.1) is 0 Å². The zero-order chi connectivity index (χ0) is 16.7. The van der Waals surface area contributed by atoms with Gasteiger partial charge in [0.2, 0.25) is 0 Å². The Balaban J connectivity index is 1.89. The Morgan fingerprint density at radius 2 is 2.26 bits per heavy atom. The monoisotopic (exact) mass is 375 g/mol. The number of hydrazine groups is 1. The molecule has 1 fully saturated rings. The lowest BCUT2D eigenvalue weighted by Crippen LogP contribution is -2.45. The minimum atomic E-state index is -0.315. The maximum absolute atomic E-state index is 12.0. The number of ether oxygens (including phenoxy) is 1. The number of nitrogens with zero attached hydrogens (tertiary/aromatic N) is 1. The molecule has 2 rings (SSSR count). The van der Waals surface area contributed by atoms with Gasteiger partial charge < -0.3 is 9.46 Å². The number of nitrogens with one attached hydrogen (secondary N) is 2. The summed E-state index contributed by atoms with van der Waals surface area (Å²) < 4.78 is 7.62. The Kier molecular flexibility index (Phi) is 7.35. The minimum absolute atomic E-state index is 0.0802. The highest BCUT2D eigenvalue weighted by Gasteiger charge is 2.17. The average Bonchev–Trinajstić information content (AvgIpc) is 2.60. The van der Waals surface area contributed by atoms with E-state index in [-0.39, 0.29) is 17.0 Å². The van der Waals surface area contributed by atoms with E-state index in [0.717, 1.165) is 41.9 Å². The number of thioether (sulfide) groups is 1. The number of carbonyl (C=O) groups excluding carboxylic acids is 2. The van der Waals surface area contributed by atoms with Gasteiger partial charge in [-0.2, -0.15) is 0 Å². The molecule has 126 valence electrons. The van der Waals surface area contributed by atoms with E-state index in [1.54, 1.807) is 23.2 Å². The number of methoxy groups -OCH3 is 1. The van der Waals surface area contributed by atoms with Crippen molar-refractivity contribution in [3.63, 3.8) is 0 Å². The highest BCUT2D eigenvalue weighted by molar-refractivity contribution is 8.14. The molecule has 9 heteroatoms. The molecule has 1 saturated heterocycles. The number of anilines is 1. The van der Waals surface area contributed by atoms with E-state index in [1.165, 1.54) is 18.9 Å². The third-order valence-corrected chi connectivity index (χ3v) is 5.30. The first kappa shape index (κ1) is 18.3. The van der Waals surface area contributed by atoms with Gasteiger partial charge in [0, 0.05) is 35.6 Å². The number of amides is 1. The van der Waals surface area contributed by atoms with Gasteiger partial charge in [-0.25, -0.2) is 5.43 Å². The number of hydrogen-bond acceptors (Lipinski definition) is 7. The Labute approximate surface area is 148 Å². The molecule has 0 aliphatic carbocycles. The molecule has 1 amide bonds. The Morgan fingerprint density at radius 3 is 2.96 bits per heavy atom. The molecule has 0 saturated carbocycles. The van der Waals surface area contributed by atoms with Gasteiger partial charge in [0.1, 0.15) is 0 Å². The average molecular weight is 376 g/mol. The summed E-state index contributed by atoms with van der Waals surface area (Å²) >= 11 is 8.42. The van der Waals surface area contributed by atoms with Crippen molar-refractivity contribution < 1.29 is 14.3 Å². The largest absolute Gasteiger partial charge is 0.468 e. The summed E-state index contributed by atoms with van der Waals surface area (Å²) in [6, 6.07) is 5.32. The molecule has 1 aromatic carbocycles. The van der Waals surface area contributed by atoms with Crippen molar-refractivity contribution in [3.8, 4) is 0 Å². The van der Waals surface area contributed by atoms with Crippen LogP contribution in [-0.2, 0) is 9.53 Å². The second kappa shape index (κ2) is 9.27. The summed E-state index contributed by atoms with van der Waals surface area (Å²) in [6.45, 7) is 1.54. The SMILES string of the molecule is COC(=O)CSc1cc(NSC(=O)N2CCCCN2)ccc1Cl. The van der Waals surface area contributed by atoms with Crippen LogP contribution in [0.25, 0.3) is 0 Å². The fraction of sp³-hybridized carbons (Fsp3) is 0.429. The third kappa shape index (κ3) is 5.80. The fourth-order valence-corrected chi connectivity index (χ4v) is 3.56. The highest BCUT2D eigenvalue weighted by Crippen LogP contribution is 2.31. The second-order valence-electron chi connectivity index (χ2n) is 4.75. The molecule has 6 nitrogen and oxygen atoms in total. The molecule has 0 aromatic heterocycles. The molecule has 0 unspecified atom stereocenters. The summed E-state index contributed by atoms with van der Waals surface area (Å²) in [5.41, 5.74) is 3.81. The van der Waals surface area contributed by atoms with Gasteiger partial charge in [-0.3, -0.25) is 14.6 Å². The quantitative estimate of drug-likeness (QED) is 0.464. The number of hydrogen-bond donors (Lipinski definition) is 2. The molecule has 0 spiro atoms. The Hall–Kier alpha value is -1.09. The zero-order valence-corrected chi connectivity index (χ0v) is 15.0. The minimum Gasteiger partial charge on any atom is -0.468 e. The fourth-order valence-electron chi connectivity index (χ4n) is 1.87. The Bertz CT molecular complexity index is 568. The summed E-state index contributed by atoms with van der Waals surface area (Å²) in [4.78, 5) is 24.0. The molecular weight excluding hydrogens is 358 g/mol. The standard InChI is InChI=1S/C14H18ClN3O3S2/c1-21-13(19)9-22-12-8-10(4-5-11(12)15)17-23-14(20)18-7-3-2-6-16-18/h4-5,8,16-17H,2-3,6-7,9H2,1H3. The first-order valence-corrected chi connectivity index (χ1v) is 9.25. The van der Waals surface area contributed by atoms with E-state index in [1.807, 2.05) is 0 Å². The van der Waals surface area contributed by atoms with Crippen LogP contribution in [0.15, 0.2) is 23.1 Å². The van der Waals surface area contributed by atoms with Crippen molar-refractivity contribution in [1.82, 2.24) is 10.4 Å². The molecular formula is C14H18ClN3O3S2. The van der Waals surface area contributed by atoms with Crippen molar-refractivity contribution in [2.75, 3.05) is 30.7 Å². The first-order chi connectivity index (χ1) is 11.1. The predicted molar refractivity (Wildman–Crippen MR) is 94.7 cm³/mol. The third-order valence-electron chi connectivity index (χ3n) is 3.09. The van der Waals surface area contributed by atoms with Gasteiger partial charge >= 0.3 is 11.2 Å². The molecule has 0 atom stereocenters. The number of carbonyl (C=O) groups is 2. The molecule has 2 N–H and O–H groups in total. The van der Waals surface area contributed by atoms with E-state index in [2.05, 4.69) is 14.9 Å². The van der Waals surface area contributed by atoms with Crippen LogP contribution < -0.4 is 10.1 Å². The summed E-state index contributed by atoms with van der Waals surface area (Å²) in [5, 5.41) is 2.09. The van der Waals surface area contributed by atoms with Gasteiger partial charge in [0.05, 0.1) is 17.9 Å². The molecule has 23 heavy (non-hydrogen) atoms. The lowest BCUT2D eigenvalue weighted by atomic mass is 10.3. The van der Waals surface area contributed by atoms with Crippen LogP contribution in [-0.4, -0.2) is 42.2 Å². The Morgan fingerprint density at radius 1 is 1.43 bits per heavy atom. The molecule has 1 aliphatic heterocycles. The number of benzene rings is 1. The predicted octanol–water partition coefficient (Wildman–Crippen LogP) is 3.39. The van der Waals surface area contributed by atoms with Crippen LogP contribution in [0.2, 0.25) is 5.02 Å². The van der Waals surface area contributed by atoms with Gasteiger partial charge in [-0.15, -0.1) is 11.8 Å². The highest BCUT2D eigenvalue weighted by atomic mass is 35.5. The second-order valence-corrected chi connectivity index (χ2v) is 6.93. The van der Waals surface area contributed by atoms with Crippen LogP contribution in [0.1, 0.15) is 12.8 Å². The van der Waals surface area contributed by atoms with Crippen molar-refractivity contribution in [2.24, 2.45) is 0 Å². The summed E-state index contributed by atoms with van der Waals surface area (Å²) in [6.07, 6.45) is 2.09. The van der Waals surface area contributed by atoms with Crippen molar-refractivity contribution >= 4 is 52.2 Å². The number of halogens is 1. The van der Waals surface area contributed by atoms with Gasteiger partial charge in [0.15, 0.2) is 0 Å². The summed E-state index contributed by atoms with van der Waals surface area (Å²) in [5.74, 6) is -0.131. The first-order valence-electron chi connectivity index (χ1n) is 7.07. The van der Waals surface area contributed by atoms with E-state index in [4.69, 9.17) is 11.6 Å². The lowest BCUT2D eigenvalue weighted by Gasteiger charge is -2.26. The van der Waals surface area contributed by atoms with Gasteiger partial charge in [-0.1, -0.05) is 11.6 Å². The maximum Gasteiger partial charge on any atom is 0.316 e. The molecule has 1 aliphatic rings. The van der Waals surface area contributed by atoms with Crippen molar-refractivity contribution in [2.45, 2.75) is 17.7 Å². The topological polar surface area (TPSA) is 70.7 Å². The van der Waals surface area contributed by atoms with E-state index >= 15 is 0 Å². The molecule has 0 radical (unpaired) electrons. The smallest absolute Gasteiger partial charge is 0.316 e. The van der Waals surface area contributed by atoms with Gasteiger partial charge in [0.25, 0.3) is 0 Å². The zero-order valence-electron chi connectivity index (χ0n) is 12.6. The van der Waals surface area contributed by atoms with E-state index < -0.39 is 0 Å². The van der Waals surface area contributed by atoms with Crippen LogP contribution in [0.5, 0.6) is 0 Å². The van der Waals surface area contributed by atoms with Crippen LogP contribution >= 0.6 is 35.3 Å². The molecule has 0 bridgehead atoms. The number of esters is 1. The van der Waals surface area contributed by atoms with Crippen molar-refractivity contribution in [1.29, 1.82) is 0 Å². The van der Waals surface area contributed by atoms with Crippen molar-refractivity contribution in [3.05, 3.63) is 23.2 Å². The summed E-state index contributed by atoms with van der Waals surface area (Å²) in [7, 11) is 1.35. The van der Waals surface area contributed by atoms with Crippen LogP contribution in [0.4, 0.5) is 10.5 Å². The van der Waals surface area contributed by atoms with E-state index in [0.29, 0.717) is 11.6 Å².